The first kappa shape index (κ1) is 32.5. The summed E-state index contributed by atoms with van der Waals surface area (Å²) < 4.78 is 35.1. The van der Waals surface area contributed by atoms with E-state index in [1.807, 2.05) is 60.7 Å². The zero-order valence-electron chi connectivity index (χ0n) is 27.0. The Kier molecular flexibility index (Phi) is 9.05. The number of halogens is 1. The summed E-state index contributed by atoms with van der Waals surface area (Å²) in [7, 11) is -3.90. The molecule has 3 aromatic carbocycles. The third kappa shape index (κ3) is 6.53. The van der Waals surface area contributed by atoms with E-state index in [1.54, 1.807) is 13.0 Å². The van der Waals surface area contributed by atoms with Crippen molar-refractivity contribution >= 4 is 33.2 Å². The van der Waals surface area contributed by atoms with Gasteiger partial charge >= 0.3 is 0 Å². The molecule has 3 aromatic rings. The molecule has 2 N–H and O–H groups in total. The molecule has 0 unspecified atom stereocenters. The molecule has 2 aliphatic carbocycles. The van der Waals surface area contributed by atoms with Gasteiger partial charge in [0, 0.05) is 23.7 Å². The van der Waals surface area contributed by atoms with Crippen LogP contribution in [0.4, 0.5) is 5.69 Å². The largest absolute Gasteiger partial charge is 0.487 e. The summed E-state index contributed by atoms with van der Waals surface area (Å²) >= 11 is 6.36. The van der Waals surface area contributed by atoms with Gasteiger partial charge in [-0.1, -0.05) is 54.4 Å². The van der Waals surface area contributed by atoms with E-state index in [9.17, 15) is 18.3 Å². The van der Waals surface area contributed by atoms with Gasteiger partial charge in [-0.25, -0.2) is 13.1 Å². The molecule has 250 valence electrons. The van der Waals surface area contributed by atoms with Gasteiger partial charge in [-0.3, -0.25) is 4.79 Å². The first-order valence-corrected chi connectivity index (χ1v) is 19.1. The minimum atomic E-state index is -3.90. The van der Waals surface area contributed by atoms with Crippen LogP contribution in [-0.4, -0.2) is 37.3 Å². The summed E-state index contributed by atoms with van der Waals surface area (Å²) in [4.78, 5) is 15.9. The van der Waals surface area contributed by atoms with Gasteiger partial charge in [0.05, 0.1) is 16.5 Å². The van der Waals surface area contributed by atoms with Crippen LogP contribution in [0.15, 0.2) is 66.7 Å². The molecule has 9 heteroatoms. The van der Waals surface area contributed by atoms with Gasteiger partial charge in [-0.2, -0.15) is 0 Å². The number of aliphatic hydroxyl groups excluding tert-OH is 1. The maximum absolute atomic E-state index is 13.6. The summed E-state index contributed by atoms with van der Waals surface area (Å²) in [5.41, 5.74) is 4.32. The molecule has 0 aromatic heterocycles. The van der Waals surface area contributed by atoms with Crippen molar-refractivity contribution in [2.75, 3.05) is 18.0 Å². The Labute approximate surface area is 283 Å². The topological polar surface area (TPSA) is 95.9 Å². The highest BCUT2D eigenvalue weighted by Crippen LogP contribution is 2.54. The monoisotopic (exact) mass is 676 g/mol. The number of nitrogens with one attached hydrogen (secondary N) is 1. The van der Waals surface area contributed by atoms with Crippen LogP contribution < -0.4 is 14.4 Å². The highest BCUT2D eigenvalue weighted by Gasteiger charge is 2.60. The van der Waals surface area contributed by atoms with Crippen LogP contribution in [0.1, 0.15) is 91.4 Å². The molecule has 4 aliphatic rings. The van der Waals surface area contributed by atoms with Gasteiger partial charge in [0.25, 0.3) is 5.91 Å². The molecule has 0 saturated heterocycles. The van der Waals surface area contributed by atoms with Crippen LogP contribution in [-0.2, 0) is 23.1 Å². The van der Waals surface area contributed by atoms with Gasteiger partial charge in [0.1, 0.15) is 12.4 Å². The summed E-state index contributed by atoms with van der Waals surface area (Å²) in [6, 6.07) is 21.2. The molecule has 0 spiro atoms. The molecule has 2 fully saturated rings. The lowest BCUT2D eigenvalue weighted by Crippen LogP contribution is -2.43. The number of aryl methyl sites for hydroxylation is 1. The molecule has 2 aliphatic heterocycles. The fraction of sp³-hybridized carbons (Fsp3) is 0.500. The van der Waals surface area contributed by atoms with Crippen LogP contribution in [0.5, 0.6) is 5.75 Å². The smallest absolute Gasteiger partial charge is 0.264 e. The Morgan fingerprint density at radius 2 is 1.81 bits per heavy atom. The number of carbonyl (C=O) groups is 1. The van der Waals surface area contributed by atoms with E-state index in [0.29, 0.717) is 41.2 Å². The Balaban J connectivity index is 1.26. The Hall–Kier alpha value is -3.07. The first-order chi connectivity index (χ1) is 22.6. The molecule has 47 heavy (non-hydrogen) atoms. The van der Waals surface area contributed by atoms with Crippen molar-refractivity contribution in [1.82, 2.24) is 4.72 Å². The number of fused-ring (bicyclic) bond motifs is 4. The van der Waals surface area contributed by atoms with E-state index in [-0.39, 0.29) is 11.8 Å². The minimum Gasteiger partial charge on any atom is -0.487 e. The van der Waals surface area contributed by atoms with Crippen molar-refractivity contribution in [2.24, 2.45) is 23.7 Å². The third-order valence-electron chi connectivity index (χ3n) is 11.6. The Morgan fingerprint density at radius 3 is 2.60 bits per heavy atom. The second-order valence-electron chi connectivity index (χ2n) is 14.4. The lowest BCUT2D eigenvalue weighted by Gasteiger charge is -2.46. The summed E-state index contributed by atoms with van der Waals surface area (Å²) in [5, 5.41) is 12.5. The number of carbonyl (C=O) groups excluding carboxylic acids is 1. The minimum absolute atomic E-state index is 0.0125. The lowest BCUT2D eigenvalue weighted by molar-refractivity contribution is 0.00110. The van der Waals surface area contributed by atoms with Crippen molar-refractivity contribution in [1.29, 1.82) is 0 Å². The summed E-state index contributed by atoms with van der Waals surface area (Å²) in [6.45, 7) is 3.67. The maximum atomic E-state index is 13.6. The quantitative estimate of drug-likeness (QED) is 0.293. The molecular formula is C38H45ClN2O5S. The normalized spacial score (nSPS) is 29.7. The standard InChI is InChI=1S/C38H45ClN2O5S/c1-38-22-30(38)11-7-12-33(36(42)25-8-3-2-4-9-25)32-17-14-28(32)23-41-19-6-5-10-26-20-31(39)16-13-29(26)24-46-35-18-15-27(21-34(35)41)37(43)40-47(38,44)45/h2-4,8-9,13,15-16,18,20-21,28,30,32-33,36,42H,5-7,10-12,14,17,19,22-24H2,1H3,(H,40,43)/t28-,30+,32+,33+,36-,38+/m0/s1. The predicted molar refractivity (Wildman–Crippen MR) is 185 cm³/mol. The fourth-order valence-corrected chi connectivity index (χ4v) is 10.1. The van der Waals surface area contributed by atoms with Crippen LogP contribution in [0.25, 0.3) is 0 Å². The highest BCUT2D eigenvalue weighted by atomic mass is 35.5. The highest BCUT2D eigenvalue weighted by molar-refractivity contribution is 7.91. The second-order valence-corrected chi connectivity index (χ2v) is 17.0. The Bertz CT molecular complexity index is 1730. The molecule has 1 amide bonds. The maximum Gasteiger partial charge on any atom is 0.264 e. The molecule has 7 nitrogen and oxygen atoms in total. The average Bonchev–Trinajstić information content (AvgIpc) is 3.74. The van der Waals surface area contributed by atoms with E-state index < -0.39 is 26.8 Å². The molecule has 2 bridgehead atoms. The molecule has 0 radical (unpaired) electrons. The van der Waals surface area contributed by atoms with E-state index >= 15 is 0 Å². The van der Waals surface area contributed by atoms with Crippen molar-refractivity contribution in [3.8, 4) is 5.75 Å². The summed E-state index contributed by atoms with van der Waals surface area (Å²) in [5.74, 6) is 0.849. The van der Waals surface area contributed by atoms with Crippen LogP contribution in [0.2, 0.25) is 5.02 Å². The second kappa shape index (κ2) is 13.1. The van der Waals surface area contributed by atoms with E-state index in [1.165, 1.54) is 5.56 Å². The number of ether oxygens (including phenoxy) is 1. The molecular weight excluding hydrogens is 632 g/mol. The third-order valence-corrected chi connectivity index (χ3v) is 14.0. The van der Waals surface area contributed by atoms with Crippen LogP contribution in [0, 0.1) is 23.7 Å². The van der Waals surface area contributed by atoms with Crippen molar-refractivity contribution in [3.05, 3.63) is 94.0 Å². The van der Waals surface area contributed by atoms with Gasteiger partial charge in [-0.15, -0.1) is 0 Å². The van der Waals surface area contributed by atoms with E-state index in [2.05, 4.69) is 9.62 Å². The Morgan fingerprint density at radius 1 is 0.979 bits per heavy atom. The number of benzene rings is 3. The van der Waals surface area contributed by atoms with Crippen molar-refractivity contribution < 1.29 is 23.1 Å². The summed E-state index contributed by atoms with van der Waals surface area (Å²) in [6.07, 6.45) is 7.34. The molecule has 2 saturated carbocycles. The number of aliphatic hydroxyl groups is 1. The van der Waals surface area contributed by atoms with Crippen LogP contribution in [0.3, 0.4) is 0 Å². The van der Waals surface area contributed by atoms with E-state index in [4.69, 9.17) is 16.3 Å². The number of rotatable bonds is 2. The van der Waals surface area contributed by atoms with Gasteiger partial charge in [-0.05, 0) is 129 Å². The lowest BCUT2D eigenvalue weighted by atomic mass is 9.63. The van der Waals surface area contributed by atoms with Crippen molar-refractivity contribution in [3.63, 3.8) is 0 Å². The molecule has 7 rings (SSSR count). The predicted octanol–water partition coefficient (Wildman–Crippen LogP) is 7.46. The number of amides is 1. The number of nitrogens with zero attached hydrogens (tertiary/aromatic N) is 1. The van der Waals surface area contributed by atoms with Gasteiger partial charge in [0.15, 0.2) is 0 Å². The number of sulfonamides is 1. The number of hydrogen-bond donors (Lipinski definition) is 2. The number of anilines is 1. The molecule has 6 atom stereocenters. The first-order valence-electron chi connectivity index (χ1n) is 17.2. The van der Waals surface area contributed by atoms with E-state index in [0.717, 1.165) is 81.3 Å². The zero-order chi connectivity index (χ0) is 32.8. The number of hydrogen-bond acceptors (Lipinski definition) is 6. The SMILES string of the molecule is C[C@@]12C[C@H]1CCC[C@@H]([C@@H](O)c1ccccc1)[C@@H]1CC[C@H]1CN1CCCCc3cc(Cl)ccc3COc3ccc(cc31)C(=O)NS2(=O)=O. The zero-order valence-corrected chi connectivity index (χ0v) is 28.6. The van der Waals surface area contributed by atoms with Gasteiger partial charge in [0.2, 0.25) is 10.0 Å². The van der Waals surface area contributed by atoms with Crippen molar-refractivity contribution in [2.45, 2.75) is 82.2 Å². The fourth-order valence-electron chi connectivity index (χ4n) is 8.32. The average molecular weight is 677 g/mol. The van der Waals surface area contributed by atoms with Gasteiger partial charge < -0.3 is 14.7 Å². The van der Waals surface area contributed by atoms with Crippen LogP contribution >= 0.6 is 11.6 Å². The molecule has 2 heterocycles.